The Hall–Kier alpha value is -1.90. The van der Waals surface area contributed by atoms with E-state index in [0.717, 1.165) is 0 Å². The van der Waals surface area contributed by atoms with E-state index in [-0.39, 0.29) is 29.8 Å². The Bertz CT molecular complexity index is 930. The Labute approximate surface area is 163 Å². The van der Waals surface area contributed by atoms with Gasteiger partial charge in [-0.2, -0.15) is 4.31 Å². The fourth-order valence-corrected chi connectivity index (χ4v) is 4.63. The van der Waals surface area contributed by atoms with Crippen LogP contribution in [0.3, 0.4) is 0 Å². The summed E-state index contributed by atoms with van der Waals surface area (Å²) in [5.41, 5.74) is 1.04. The van der Waals surface area contributed by atoms with Gasteiger partial charge in [0.1, 0.15) is 5.56 Å². The molecule has 0 radical (unpaired) electrons. The molecule has 1 saturated heterocycles. The maximum Gasteiger partial charge on any atom is 0.259 e. The van der Waals surface area contributed by atoms with Gasteiger partial charge in [0.15, 0.2) is 5.76 Å². The average Bonchev–Trinajstić information content (AvgIpc) is 3.03. The van der Waals surface area contributed by atoms with E-state index < -0.39 is 10.0 Å². The van der Waals surface area contributed by atoms with Crippen molar-refractivity contribution in [2.45, 2.75) is 31.6 Å². The van der Waals surface area contributed by atoms with Gasteiger partial charge in [-0.15, -0.1) is 0 Å². The van der Waals surface area contributed by atoms with Gasteiger partial charge >= 0.3 is 0 Å². The summed E-state index contributed by atoms with van der Waals surface area (Å²) in [4.78, 5) is 14.8. The smallest absolute Gasteiger partial charge is 0.259 e. The van der Waals surface area contributed by atoms with Crippen LogP contribution >= 0.6 is 11.6 Å². The zero-order chi connectivity index (χ0) is 19.8. The number of benzene rings is 1. The highest BCUT2D eigenvalue weighted by atomic mass is 35.5. The topological polar surface area (TPSA) is 83.7 Å². The van der Waals surface area contributed by atoms with E-state index in [1.165, 1.54) is 16.4 Å². The minimum atomic E-state index is -3.61. The van der Waals surface area contributed by atoms with Crippen LogP contribution in [-0.4, -0.2) is 54.9 Å². The molecule has 7 nitrogen and oxygen atoms in total. The van der Waals surface area contributed by atoms with Crippen LogP contribution in [0.25, 0.3) is 0 Å². The molecule has 2 aromatic rings. The van der Waals surface area contributed by atoms with Crippen molar-refractivity contribution >= 4 is 27.5 Å². The van der Waals surface area contributed by atoms with E-state index in [4.69, 9.17) is 16.1 Å². The molecular formula is C18H22ClN3O4S. The van der Waals surface area contributed by atoms with Crippen LogP contribution in [0.1, 0.15) is 41.6 Å². The summed E-state index contributed by atoms with van der Waals surface area (Å²) in [6.07, 6.45) is 0. The van der Waals surface area contributed by atoms with Gasteiger partial charge in [-0.3, -0.25) is 4.79 Å². The zero-order valence-electron chi connectivity index (χ0n) is 15.5. The van der Waals surface area contributed by atoms with Crippen LogP contribution in [0.2, 0.25) is 5.02 Å². The lowest BCUT2D eigenvalue weighted by Crippen LogP contribution is -2.50. The molecule has 0 spiro atoms. The standard InChI is InChI=1S/C18H22ClN3O4S/c1-12(2)17-16(13(3)20-26-17)18(23)21-8-10-22(11-9-21)27(24,25)15-6-4-14(19)5-7-15/h4-7,12H,8-11H2,1-3H3. The summed E-state index contributed by atoms with van der Waals surface area (Å²) in [7, 11) is -3.61. The first kappa shape index (κ1) is 19.9. The quantitative estimate of drug-likeness (QED) is 0.772. The van der Waals surface area contributed by atoms with Crippen molar-refractivity contribution < 1.29 is 17.7 Å². The molecule has 1 aliphatic heterocycles. The Morgan fingerprint density at radius 1 is 1.15 bits per heavy atom. The van der Waals surface area contributed by atoms with Crippen molar-refractivity contribution in [1.82, 2.24) is 14.4 Å². The van der Waals surface area contributed by atoms with Crippen molar-refractivity contribution in [3.63, 3.8) is 0 Å². The molecule has 0 saturated carbocycles. The van der Waals surface area contributed by atoms with Crippen LogP contribution in [-0.2, 0) is 10.0 Å². The van der Waals surface area contributed by atoms with Crippen molar-refractivity contribution in [3.05, 3.63) is 46.3 Å². The number of rotatable bonds is 4. The van der Waals surface area contributed by atoms with E-state index in [9.17, 15) is 13.2 Å². The van der Waals surface area contributed by atoms with Gasteiger partial charge in [-0.25, -0.2) is 8.42 Å². The van der Waals surface area contributed by atoms with Gasteiger partial charge in [0, 0.05) is 37.1 Å². The fraction of sp³-hybridized carbons (Fsp3) is 0.444. The molecule has 1 aromatic carbocycles. The summed E-state index contributed by atoms with van der Waals surface area (Å²) in [6, 6.07) is 6.09. The van der Waals surface area contributed by atoms with Gasteiger partial charge in [0.2, 0.25) is 10.0 Å². The SMILES string of the molecule is Cc1noc(C(C)C)c1C(=O)N1CCN(S(=O)(=O)c2ccc(Cl)cc2)CC1. The first-order chi connectivity index (χ1) is 12.7. The highest BCUT2D eigenvalue weighted by Crippen LogP contribution is 2.25. The van der Waals surface area contributed by atoms with E-state index in [1.54, 1.807) is 24.0 Å². The summed E-state index contributed by atoms with van der Waals surface area (Å²) in [5.74, 6) is 0.437. The molecule has 9 heteroatoms. The van der Waals surface area contributed by atoms with Gasteiger partial charge in [0.25, 0.3) is 5.91 Å². The van der Waals surface area contributed by atoms with Crippen molar-refractivity contribution in [2.24, 2.45) is 0 Å². The molecule has 3 rings (SSSR count). The predicted octanol–water partition coefficient (Wildman–Crippen LogP) is 2.91. The first-order valence-electron chi connectivity index (χ1n) is 8.73. The summed E-state index contributed by atoms with van der Waals surface area (Å²) in [5, 5.41) is 4.40. The second-order valence-corrected chi connectivity index (χ2v) is 9.19. The summed E-state index contributed by atoms with van der Waals surface area (Å²) in [6.45, 7) is 6.71. The molecule has 2 heterocycles. The number of hydrogen-bond acceptors (Lipinski definition) is 5. The minimum Gasteiger partial charge on any atom is -0.360 e. The lowest BCUT2D eigenvalue weighted by Gasteiger charge is -2.34. The number of nitrogens with zero attached hydrogens (tertiary/aromatic N) is 3. The second-order valence-electron chi connectivity index (χ2n) is 6.81. The Morgan fingerprint density at radius 2 is 1.74 bits per heavy atom. The predicted molar refractivity (Wildman–Crippen MR) is 101 cm³/mol. The average molecular weight is 412 g/mol. The lowest BCUT2D eigenvalue weighted by atomic mass is 10.0. The lowest BCUT2D eigenvalue weighted by molar-refractivity contribution is 0.0694. The molecule has 1 fully saturated rings. The third kappa shape index (κ3) is 3.88. The fourth-order valence-electron chi connectivity index (χ4n) is 3.09. The Balaban J connectivity index is 1.73. The number of sulfonamides is 1. The molecule has 0 N–H and O–H groups in total. The number of hydrogen-bond donors (Lipinski definition) is 0. The van der Waals surface area contributed by atoms with Crippen LogP contribution in [0.5, 0.6) is 0 Å². The van der Waals surface area contributed by atoms with Gasteiger partial charge < -0.3 is 9.42 Å². The van der Waals surface area contributed by atoms with E-state index in [0.29, 0.717) is 35.1 Å². The third-order valence-corrected chi connectivity index (χ3v) is 6.77. The molecule has 0 aliphatic carbocycles. The van der Waals surface area contributed by atoms with Gasteiger partial charge in [-0.1, -0.05) is 30.6 Å². The number of piperazine rings is 1. The van der Waals surface area contributed by atoms with Crippen LogP contribution in [0.15, 0.2) is 33.7 Å². The van der Waals surface area contributed by atoms with Crippen molar-refractivity contribution in [2.75, 3.05) is 26.2 Å². The molecule has 1 aromatic heterocycles. The van der Waals surface area contributed by atoms with Crippen LogP contribution < -0.4 is 0 Å². The van der Waals surface area contributed by atoms with Gasteiger partial charge in [0.05, 0.1) is 10.6 Å². The molecule has 1 amide bonds. The monoisotopic (exact) mass is 411 g/mol. The van der Waals surface area contributed by atoms with E-state index in [2.05, 4.69) is 5.16 Å². The first-order valence-corrected chi connectivity index (χ1v) is 10.5. The maximum atomic E-state index is 12.9. The van der Waals surface area contributed by atoms with Crippen LogP contribution in [0, 0.1) is 6.92 Å². The second kappa shape index (κ2) is 7.61. The molecule has 0 atom stereocenters. The molecule has 27 heavy (non-hydrogen) atoms. The number of aryl methyl sites for hydroxylation is 1. The normalized spacial score (nSPS) is 16.1. The molecule has 1 aliphatic rings. The number of halogens is 1. The summed E-state index contributed by atoms with van der Waals surface area (Å²) >= 11 is 5.83. The Kier molecular flexibility index (Phi) is 5.60. The van der Waals surface area contributed by atoms with Crippen LogP contribution in [0.4, 0.5) is 0 Å². The van der Waals surface area contributed by atoms with Gasteiger partial charge in [-0.05, 0) is 31.2 Å². The highest BCUT2D eigenvalue weighted by Gasteiger charge is 2.33. The third-order valence-electron chi connectivity index (χ3n) is 4.60. The zero-order valence-corrected chi connectivity index (χ0v) is 17.0. The van der Waals surface area contributed by atoms with E-state index in [1.807, 2.05) is 13.8 Å². The number of amides is 1. The number of carbonyl (C=O) groups excluding carboxylic acids is 1. The maximum absolute atomic E-state index is 12.9. The number of carbonyl (C=O) groups is 1. The number of aromatic nitrogens is 1. The van der Waals surface area contributed by atoms with E-state index >= 15 is 0 Å². The minimum absolute atomic E-state index is 0.0386. The highest BCUT2D eigenvalue weighted by molar-refractivity contribution is 7.89. The van der Waals surface area contributed by atoms with Crippen molar-refractivity contribution in [1.29, 1.82) is 0 Å². The molecule has 0 bridgehead atoms. The largest absolute Gasteiger partial charge is 0.360 e. The van der Waals surface area contributed by atoms with Crippen molar-refractivity contribution in [3.8, 4) is 0 Å². The molecule has 0 unspecified atom stereocenters. The summed E-state index contributed by atoms with van der Waals surface area (Å²) < 4.78 is 32.2. The molecule has 146 valence electrons. The Morgan fingerprint density at radius 3 is 2.30 bits per heavy atom. The molecular weight excluding hydrogens is 390 g/mol.